The van der Waals surface area contributed by atoms with E-state index in [-0.39, 0.29) is 0 Å². The second kappa shape index (κ2) is 11.1. The molecular weight excluding hydrogens is 468 g/mol. The first kappa shape index (κ1) is 25.5. The fourth-order valence-corrected chi connectivity index (χ4v) is 6.11. The fourth-order valence-electron chi connectivity index (χ4n) is 6.11. The molecule has 1 aliphatic heterocycles. The molecular formula is C28H38N6O3. The Hall–Kier alpha value is -3.17. The summed E-state index contributed by atoms with van der Waals surface area (Å²) in [7, 11) is 6.08. The van der Waals surface area contributed by atoms with E-state index in [0.29, 0.717) is 29.5 Å². The SMILES string of the molecule is COc1cc(-c2cc(NC=O)c(N(C)C3CCC(N(C)C4CCOCC4)CC3)cc2C)cn2ncnc12. The van der Waals surface area contributed by atoms with Crippen molar-refractivity contribution in [3.05, 3.63) is 36.3 Å². The lowest BCUT2D eigenvalue weighted by Gasteiger charge is -2.43. The Labute approximate surface area is 218 Å². The molecule has 198 valence electrons. The van der Waals surface area contributed by atoms with Crippen LogP contribution in [0.15, 0.2) is 30.7 Å². The van der Waals surface area contributed by atoms with Crippen LogP contribution < -0.4 is 15.0 Å². The Kier molecular flexibility index (Phi) is 7.62. The Morgan fingerprint density at radius 3 is 2.46 bits per heavy atom. The fraction of sp³-hybridized carbons (Fsp3) is 0.536. The van der Waals surface area contributed by atoms with Crippen LogP contribution in [0, 0.1) is 6.92 Å². The lowest BCUT2D eigenvalue weighted by atomic mass is 9.87. The average molecular weight is 507 g/mol. The number of nitrogens with zero attached hydrogens (tertiary/aromatic N) is 5. The van der Waals surface area contributed by atoms with E-state index in [4.69, 9.17) is 9.47 Å². The summed E-state index contributed by atoms with van der Waals surface area (Å²) in [5, 5.41) is 7.25. The van der Waals surface area contributed by atoms with Gasteiger partial charge in [0, 0.05) is 50.1 Å². The Bertz CT molecular complexity index is 1230. The average Bonchev–Trinajstić information content (AvgIpc) is 3.42. The largest absolute Gasteiger partial charge is 0.493 e. The zero-order chi connectivity index (χ0) is 25.9. The highest BCUT2D eigenvalue weighted by Gasteiger charge is 2.31. The second-order valence-corrected chi connectivity index (χ2v) is 10.4. The van der Waals surface area contributed by atoms with Crippen molar-refractivity contribution in [2.45, 2.75) is 63.6 Å². The number of nitrogens with one attached hydrogen (secondary N) is 1. The van der Waals surface area contributed by atoms with E-state index >= 15 is 0 Å². The van der Waals surface area contributed by atoms with E-state index in [1.165, 1.54) is 19.2 Å². The predicted molar refractivity (Wildman–Crippen MR) is 145 cm³/mol. The molecule has 2 aromatic heterocycles. The maximum absolute atomic E-state index is 11.6. The van der Waals surface area contributed by atoms with Gasteiger partial charge in [0.05, 0.1) is 18.5 Å². The van der Waals surface area contributed by atoms with Crippen molar-refractivity contribution in [1.29, 1.82) is 0 Å². The van der Waals surface area contributed by atoms with Crippen LogP contribution in [0.25, 0.3) is 16.8 Å². The highest BCUT2D eigenvalue weighted by molar-refractivity contribution is 5.87. The standard InChI is InChI=1S/C28H38N6O3/c1-19-13-26(33(3)22-7-5-21(6-8-22)32(2)23-9-11-37-12-10-23)25(30-18-35)15-24(19)20-14-27(36-4)28-29-17-31-34(28)16-20/h13-18,21-23H,5-12H2,1-4H3,(H,30,35). The van der Waals surface area contributed by atoms with E-state index in [1.54, 1.807) is 11.6 Å². The van der Waals surface area contributed by atoms with Crippen LogP contribution in [0.4, 0.5) is 11.4 Å². The number of fused-ring (bicyclic) bond motifs is 1. The normalized spacial score (nSPS) is 20.8. The maximum atomic E-state index is 11.6. The number of carbonyl (C=O) groups excluding carboxylic acids is 1. The molecule has 1 saturated carbocycles. The van der Waals surface area contributed by atoms with E-state index < -0.39 is 0 Å². The number of aryl methyl sites for hydroxylation is 1. The van der Waals surface area contributed by atoms with Gasteiger partial charge in [0.15, 0.2) is 11.4 Å². The van der Waals surface area contributed by atoms with Crippen molar-refractivity contribution in [1.82, 2.24) is 19.5 Å². The number of carbonyl (C=O) groups is 1. The van der Waals surface area contributed by atoms with Crippen molar-refractivity contribution in [3.8, 4) is 16.9 Å². The summed E-state index contributed by atoms with van der Waals surface area (Å²) >= 11 is 0. The van der Waals surface area contributed by atoms with Gasteiger partial charge >= 0.3 is 0 Å². The number of hydrogen-bond donors (Lipinski definition) is 1. The summed E-state index contributed by atoms with van der Waals surface area (Å²) in [4.78, 5) is 20.8. The summed E-state index contributed by atoms with van der Waals surface area (Å²) in [5.41, 5.74) is 5.60. The van der Waals surface area contributed by atoms with Crippen molar-refractivity contribution in [2.75, 3.05) is 44.6 Å². The van der Waals surface area contributed by atoms with Gasteiger partial charge in [-0.3, -0.25) is 4.79 Å². The van der Waals surface area contributed by atoms with Crippen molar-refractivity contribution in [2.24, 2.45) is 0 Å². The molecule has 5 rings (SSSR count). The first-order chi connectivity index (χ1) is 18.0. The molecule has 0 atom stereocenters. The van der Waals surface area contributed by atoms with Gasteiger partial charge in [-0.05, 0) is 81.8 Å². The van der Waals surface area contributed by atoms with Gasteiger partial charge in [0.1, 0.15) is 6.33 Å². The Balaban J connectivity index is 1.36. The van der Waals surface area contributed by atoms with Crippen molar-refractivity contribution in [3.63, 3.8) is 0 Å². The minimum Gasteiger partial charge on any atom is -0.493 e. The van der Waals surface area contributed by atoms with Crippen molar-refractivity contribution >= 4 is 23.4 Å². The number of rotatable bonds is 8. The van der Waals surface area contributed by atoms with Crippen LogP contribution in [0.3, 0.4) is 0 Å². The third-order valence-electron chi connectivity index (χ3n) is 8.37. The highest BCUT2D eigenvalue weighted by Crippen LogP contribution is 2.38. The predicted octanol–water partition coefficient (Wildman–Crippen LogP) is 4.14. The number of anilines is 2. The molecule has 2 fully saturated rings. The molecule has 3 aromatic rings. The number of benzene rings is 1. The molecule has 3 heterocycles. The number of pyridine rings is 1. The van der Waals surface area contributed by atoms with Crippen LogP contribution in [-0.2, 0) is 9.53 Å². The smallest absolute Gasteiger partial charge is 0.211 e. The molecule has 1 saturated heterocycles. The monoisotopic (exact) mass is 506 g/mol. The van der Waals surface area contributed by atoms with Crippen LogP contribution in [-0.4, -0.2) is 78.5 Å². The van der Waals surface area contributed by atoms with Crippen LogP contribution in [0.2, 0.25) is 0 Å². The minimum absolute atomic E-state index is 0.434. The topological polar surface area (TPSA) is 84.2 Å². The molecule has 1 N–H and O–H groups in total. The third kappa shape index (κ3) is 5.15. The van der Waals surface area contributed by atoms with Crippen LogP contribution in [0.1, 0.15) is 44.1 Å². The van der Waals surface area contributed by atoms with Gasteiger partial charge in [-0.2, -0.15) is 5.10 Å². The quantitative estimate of drug-likeness (QED) is 0.460. The lowest BCUT2D eigenvalue weighted by molar-refractivity contribution is -0.105. The minimum atomic E-state index is 0.434. The van der Waals surface area contributed by atoms with Gasteiger partial charge in [-0.1, -0.05) is 0 Å². The van der Waals surface area contributed by atoms with E-state index in [0.717, 1.165) is 73.4 Å². The summed E-state index contributed by atoms with van der Waals surface area (Å²) in [6, 6.07) is 7.91. The van der Waals surface area contributed by atoms with E-state index in [9.17, 15) is 4.79 Å². The van der Waals surface area contributed by atoms with Gasteiger partial charge in [0.2, 0.25) is 6.41 Å². The maximum Gasteiger partial charge on any atom is 0.211 e. The van der Waals surface area contributed by atoms with Gasteiger partial charge < -0.3 is 24.6 Å². The van der Waals surface area contributed by atoms with Gasteiger partial charge in [0.25, 0.3) is 0 Å². The molecule has 0 bridgehead atoms. The summed E-state index contributed by atoms with van der Waals surface area (Å²) in [6.45, 7) is 3.87. The Morgan fingerprint density at radius 2 is 1.76 bits per heavy atom. The molecule has 1 aromatic carbocycles. The molecule has 0 radical (unpaired) electrons. The van der Waals surface area contributed by atoms with E-state index in [2.05, 4.69) is 58.4 Å². The molecule has 2 aliphatic rings. The number of ether oxygens (including phenoxy) is 2. The highest BCUT2D eigenvalue weighted by atomic mass is 16.5. The zero-order valence-corrected chi connectivity index (χ0v) is 22.3. The molecule has 1 amide bonds. The van der Waals surface area contributed by atoms with Crippen LogP contribution >= 0.6 is 0 Å². The first-order valence-corrected chi connectivity index (χ1v) is 13.2. The zero-order valence-electron chi connectivity index (χ0n) is 22.3. The van der Waals surface area contributed by atoms with Crippen molar-refractivity contribution < 1.29 is 14.3 Å². The second-order valence-electron chi connectivity index (χ2n) is 10.4. The number of amides is 1. The summed E-state index contributed by atoms with van der Waals surface area (Å²) < 4.78 is 12.8. The third-order valence-corrected chi connectivity index (χ3v) is 8.37. The van der Waals surface area contributed by atoms with Gasteiger partial charge in [-0.25, -0.2) is 9.50 Å². The molecule has 0 unspecified atom stereocenters. The molecule has 37 heavy (non-hydrogen) atoms. The van der Waals surface area contributed by atoms with E-state index in [1.807, 2.05) is 12.3 Å². The molecule has 0 spiro atoms. The molecule has 1 aliphatic carbocycles. The molecule has 9 nitrogen and oxygen atoms in total. The number of aromatic nitrogens is 3. The Morgan fingerprint density at radius 1 is 1.05 bits per heavy atom. The van der Waals surface area contributed by atoms with Crippen LogP contribution in [0.5, 0.6) is 5.75 Å². The van der Waals surface area contributed by atoms with Gasteiger partial charge in [-0.15, -0.1) is 0 Å². The molecule has 9 heteroatoms. The number of hydrogen-bond acceptors (Lipinski definition) is 7. The lowest BCUT2D eigenvalue weighted by Crippen LogP contribution is -2.47. The number of methoxy groups -OCH3 is 1. The summed E-state index contributed by atoms with van der Waals surface area (Å²) in [6.07, 6.45) is 11.1. The summed E-state index contributed by atoms with van der Waals surface area (Å²) in [5.74, 6) is 0.656. The first-order valence-electron chi connectivity index (χ1n) is 13.2.